The van der Waals surface area contributed by atoms with Crippen LogP contribution in [0, 0.1) is 23.2 Å². The van der Waals surface area contributed by atoms with Gasteiger partial charge < -0.3 is 4.74 Å². The van der Waals surface area contributed by atoms with E-state index in [9.17, 15) is 0 Å². The molecule has 1 heterocycles. The van der Waals surface area contributed by atoms with Crippen LogP contribution in [0.4, 0.5) is 0 Å². The van der Waals surface area contributed by atoms with E-state index in [0.29, 0.717) is 24.4 Å². The molecule has 1 aliphatic carbocycles. The zero-order valence-electron chi connectivity index (χ0n) is 7.33. The molecule has 0 aromatic rings. The number of hydrogen-bond donors (Lipinski definition) is 0. The molecule has 0 aromatic carbocycles. The number of nitrogens with zero attached hydrogens (tertiary/aromatic N) is 1. The van der Waals surface area contributed by atoms with Crippen LogP contribution in [0.15, 0.2) is 0 Å². The van der Waals surface area contributed by atoms with E-state index in [2.05, 4.69) is 6.07 Å². The molecule has 0 spiro atoms. The second-order valence-corrected chi connectivity index (χ2v) is 3.94. The second-order valence-electron chi connectivity index (χ2n) is 3.94. The summed E-state index contributed by atoms with van der Waals surface area (Å²) < 4.78 is 5.67. The fourth-order valence-electron chi connectivity index (χ4n) is 2.57. The van der Waals surface area contributed by atoms with Gasteiger partial charge in [-0.3, -0.25) is 0 Å². The Kier molecular flexibility index (Phi) is 2.32. The van der Waals surface area contributed by atoms with E-state index in [1.54, 1.807) is 0 Å². The lowest BCUT2D eigenvalue weighted by Crippen LogP contribution is -2.24. The van der Waals surface area contributed by atoms with Gasteiger partial charge in [-0.05, 0) is 18.8 Å². The minimum absolute atomic E-state index is 0.497. The van der Waals surface area contributed by atoms with Crippen LogP contribution in [0.25, 0.3) is 0 Å². The van der Waals surface area contributed by atoms with E-state index in [1.165, 1.54) is 25.7 Å². The minimum atomic E-state index is 0.497. The fourth-order valence-corrected chi connectivity index (χ4v) is 2.57. The van der Waals surface area contributed by atoms with Crippen LogP contribution in [0.5, 0.6) is 0 Å². The van der Waals surface area contributed by atoms with Crippen molar-refractivity contribution in [3.05, 3.63) is 0 Å². The highest BCUT2D eigenvalue weighted by Gasteiger charge is 2.37. The van der Waals surface area contributed by atoms with Gasteiger partial charge in [0.25, 0.3) is 0 Å². The van der Waals surface area contributed by atoms with Crippen molar-refractivity contribution in [2.24, 2.45) is 11.8 Å². The Balaban J connectivity index is 1.97. The quantitative estimate of drug-likeness (QED) is 0.596. The van der Waals surface area contributed by atoms with Crippen molar-refractivity contribution in [3.8, 4) is 6.07 Å². The van der Waals surface area contributed by atoms with Crippen molar-refractivity contribution >= 4 is 0 Å². The molecule has 2 aliphatic rings. The van der Waals surface area contributed by atoms with Gasteiger partial charge in [0.1, 0.15) is 0 Å². The smallest absolute Gasteiger partial charge is 0.0625 e. The third kappa shape index (κ3) is 1.34. The predicted octanol–water partition coefficient (Wildman–Crippen LogP) is 2.11. The normalized spacial score (nSPS) is 40.4. The molecule has 2 heteroatoms. The van der Waals surface area contributed by atoms with Gasteiger partial charge in [-0.25, -0.2) is 0 Å². The highest BCUT2D eigenvalue weighted by Crippen LogP contribution is 2.39. The highest BCUT2D eigenvalue weighted by molar-refractivity contribution is 4.90. The first kappa shape index (κ1) is 8.07. The van der Waals surface area contributed by atoms with Crippen molar-refractivity contribution < 1.29 is 4.74 Å². The highest BCUT2D eigenvalue weighted by atomic mass is 16.5. The molecule has 2 rings (SSSR count). The molecule has 3 unspecified atom stereocenters. The van der Waals surface area contributed by atoms with E-state index < -0.39 is 0 Å². The Bertz CT molecular complexity index is 197. The minimum Gasteiger partial charge on any atom is -0.378 e. The lowest BCUT2D eigenvalue weighted by Gasteiger charge is -2.26. The van der Waals surface area contributed by atoms with Crippen LogP contribution in [0.1, 0.15) is 32.1 Å². The average molecular weight is 165 g/mol. The third-order valence-corrected chi connectivity index (χ3v) is 3.24. The summed E-state index contributed by atoms with van der Waals surface area (Å²) >= 11 is 0. The molecule has 0 aromatic heterocycles. The Morgan fingerprint density at radius 1 is 1.33 bits per heavy atom. The average Bonchev–Trinajstić information content (AvgIpc) is 2.50. The van der Waals surface area contributed by atoms with Gasteiger partial charge in [0.2, 0.25) is 0 Å². The summed E-state index contributed by atoms with van der Waals surface area (Å²) in [5, 5.41) is 8.61. The number of nitriles is 1. The number of hydrogen-bond acceptors (Lipinski definition) is 2. The van der Waals surface area contributed by atoms with Gasteiger partial charge in [-0.15, -0.1) is 0 Å². The topological polar surface area (TPSA) is 33.0 Å². The van der Waals surface area contributed by atoms with Gasteiger partial charge in [0.15, 0.2) is 0 Å². The van der Waals surface area contributed by atoms with Crippen LogP contribution in [0.3, 0.4) is 0 Å². The Morgan fingerprint density at radius 3 is 3.00 bits per heavy atom. The molecule has 0 N–H and O–H groups in total. The molecule has 12 heavy (non-hydrogen) atoms. The van der Waals surface area contributed by atoms with Gasteiger partial charge in [-0.1, -0.05) is 12.8 Å². The van der Waals surface area contributed by atoms with Crippen molar-refractivity contribution in [1.29, 1.82) is 5.26 Å². The lowest BCUT2D eigenvalue weighted by molar-refractivity contribution is 0.0663. The molecular weight excluding hydrogens is 150 g/mol. The van der Waals surface area contributed by atoms with Gasteiger partial charge in [0, 0.05) is 12.3 Å². The summed E-state index contributed by atoms with van der Waals surface area (Å²) in [6.45, 7) is 0.836. The van der Waals surface area contributed by atoms with Gasteiger partial charge >= 0.3 is 0 Å². The SMILES string of the molecule is N#CCC1COC2CCCCC12. The van der Waals surface area contributed by atoms with Crippen LogP contribution < -0.4 is 0 Å². The Morgan fingerprint density at radius 2 is 2.17 bits per heavy atom. The summed E-state index contributed by atoms with van der Waals surface area (Å²) in [5.41, 5.74) is 0. The summed E-state index contributed by atoms with van der Waals surface area (Å²) in [5.74, 6) is 1.25. The summed E-state index contributed by atoms with van der Waals surface area (Å²) in [6, 6.07) is 2.26. The summed E-state index contributed by atoms with van der Waals surface area (Å²) in [4.78, 5) is 0. The van der Waals surface area contributed by atoms with E-state index in [4.69, 9.17) is 10.00 Å². The largest absolute Gasteiger partial charge is 0.378 e. The van der Waals surface area contributed by atoms with E-state index in [-0.39, 0.29) is 0 Å². The maximum atomic E-state index is 8.61. The van der Waals surface area contributed by atoms with Crippen molar-refractivity contribution in [2.45, 2.75) is 38.2 Å². The van der Waals surface area contributed by atoms with Crippen LogP contribution in [-0.2, 0) is 4.74 Å². The maximum absolute atomic E-state index is 8.61. The fraction of sp³-hybridized carbons (Fsp3) is 0.900. The van der Waals surface area contributed by atoms with E-state index >= 15 is 0 Å². The molecule has 1 aliphatic heterocycles. The lowest BCUT2D eigenvalue weighted by atomic mass is 9.79. The van der Waals surface area contributed by atoms with Crippen LogP contribution >= 0.6 is 0 Å². The molecule has 2 fully saturated rings. The molecule has 1 saturated carbocycles. The molecule has 3 atom stereocenters. The zero-order valence-corrected chi connectivity index (χ0v) is 7.33. The first-order chi connectivity index (χ1) is 5.92. The molecular formula is C10H15NO. The monoisotopic (exact) mass is 165 g/mol. The Labute approximate surface area is 73.5 Å². The van der Waals surface area contributed by atoms with Crippen molar-refractivity contribution in [1.82, 2.24) is 0 Å². The molecule has 66 valence electrons. The van der Waals surface area contributed by atoms with Gasteiger partial charge in [0.05, 0.1) is 18.8 Å². The van der Waals surface area contributed by atoms with E-state index in [0.717, 1.165) is 6.61 Å². The molecule has 0 bridgehead atoms. The number of ether oxygens (including phenoxy) is 1. The van der Waals surface area contributed by atoms with Crippen molar-refractivity contribution in [3.63, 3.8) is 0 Å². The summed E-state index contributed by atoms with van der Waals surface area (Å²) in [6.07, 6.45) is 6.37. The Hall–Kier alpha value is -0.550. The zero-order chi connectivity index (χ0) is 8.39. The molecule has 0 amide bonds. The van der Waals surface area contributed by atoms with E-state index in [1.807, 2.05) is 0 Å². The maximum Gasteiger partial charge on any atom is 0.0625 e. The molecule has 1 saturated heterocycles. The van der Waals surface area contributed by atoms with Crippen LogP contribution in [0.2, 0.25) is 0 Å². The molecule has 2 nitrogen and oxygen atoms in total. The number of fused-ring (bicyclic) bond motifs is 1. The van der Waals surface area contributed by atoms with Gasteiger partial charge in [-0.2, -0.15) is 5.26 Å². The second kappa shape index (κ2) is 3.45. The predicted molar refractivity (Wildman–Crippen MR) is 45.4 cm³/mol. The molecule has 0 radical (unpaired) electrons. The van der Waals surface area contributed by atoms with Crippen molar-refractivity contribution in [2.75, 3.05) is 6.61 Å². The number of rotatable bonds is 1. The first-order valence-electron chi connectivity index (χ1n) is 4.90. The summed E-state index contributed by atoms with van der Waals surface area (Å²) in [7, 11) is 0. The third-order valence-electron chi connectivity index (χ3n) is 3.24. The standard InChI is InChI=1S/C10H15NO/c11-6-5-8-7-12-10-4-2-1-3-9(8)10/h8-10H,1-5,7H2. The first-order valence-corrected chi connectivity index (χ1v) is 4.90. The van der Waals surface area contributed by atoms with Crippen LogP contribution in [-0.4, -0.2) is 12.7 Å².